The van der Waals surface area contributed by atoms with Crippen molar-refractivity contribution in [2.24, 2.45) is 0 Å². The van der Waals surface area contributed by atoms with Gasteiger partial charge in [-0.1, -0.05) is 5.16 Å². The van der Waals surface area contributed by atoms with Crippen LogP contribution in [-0.4, -0.2) is 9.72 Å². The van der Waals surface area contributed by atoms with E-state index in [9.17, 15) is 4.79 Å². The Morgan fingerprint density at radius 3 is 3.08 bits per heavy atom. The lowest BCUT2D eigenvalue weighted by molar-refractivity contribution is 0.419. The number of hydrogen-bond acceptors (Lipinski definition) is 4. The van der Waals surface area contributed by atoms with Crippen molar-refractivity contribution in [1.82, 2.24) is 9.72 Å². The number of anilines is 1. The van der Waals surface area contributed by atoms with Gasteiger partial charge in [-0.15, -0.1) is 0 Å². The number of rotatable bonds is 1. The second-order valence-corrected chi connectivity index (χ2v) is 2.52. The Morgan fingerprint density at radius 2 is 2.38 bits per heavy atom. The lowest BCUT2D eigenvalue weighted by Crippen LogP contribution is -2.19. The number of nitrogens with zero attached hydrogens (tertiary/aromatic N) is 2. The van der Waals surface area contributed by atoms with Crippen LogP contribution in [0.15, 0.2) is 40.1 Å². The predicted molar refractivity (Wildman–Crippen MR) is 46.5 cm³/mol. The molecule has 0 bridgehead atoms. The van der Waals surface area contributed by atoms with Gasteiger partial charge in [-0.25, -0.2) is 0 Å². The molecule has 66 valence electrons. The van der Waals surface area contributed by atoms with E-state index in [0.29, 0.717) is 5.69 Å². The van der Waals surface area contributed by atoms with E-state index < -0.39 is 0 Å². The molecule has 0 aromatic carbocycles. The van der Waals surface area contributed by atoms with Crippen LogP contribution in [0.3, 0.4) is 0 Å². The van der Waals surface area contributed by atoms with Crippen LogP contribution in [0.5, 0.6) is 0 Å². The SMILES string of the molecule is Nc1cccn(-c2cnoc2)c1=O. The Hall–Kier alpha value is -2.04. The fourth-order valence-electron chi connectivity index (χ4n) is 1.03. The summed E-state index contributed by atoms with van der Waals surface area (Å²) in [7, 11) is 0. The van der Waals surface area contributed by atoms with Gasteiger partial charge in [0.2, 0.25) is 0 Å². The minimum absolute atomic E-state index is 0.198. The van der Waals surface area contributed by atoms with E-state index in [1.165, 1.54) is 17.0 Å². The van der Waals surface area contributed by atoms with Crippen molar-refractivity contribution in [3.05, 3.63) is 41.1 Å². The van der Waals surface area contributed by atoms with Crippen LogP contribution in [0, 0.1) is 0 Å². The summed E-state index contributed by atoms with van der Waals surface area (Å²) in [5.74, 6) is 0. The average molecular weight is 177 g/mol. The van der Waals surface area contributed by atoms with E-state index >= 15 is 0 Å². The molecule has 0 radical (unpaired) electrons. The van der Waals surface area contributed by atoms with Gasteiger partial charge in [-0.05, 0) is 12.1 Å². The highest BCUT2D eigenvalue weighted by atomic mass is 16.5. The quantitative estimate of drug-likeness (QED) is 0.684. The molecule has 2 aromatic rings. The Morgan fingerprint density at radius 1 is 1.54 bits per heavy atom. The van der Waals surface area contributed by atoms with Crippen molar-refractivity contribution in [3.8, 4) is 5.69 Å². The third kappa shape index (κ3) is 1.20. The monoisotopic (exact) mass is 177 g/mol. The lowest BCUT2D eigenvalue weighted by Gasteiger charge is -2.00. The summed E-state index contributed by atoms with van der Waals surface area (Å²) in [6, 6.07) is 3.23. The van der Waals surface area contributed by atoms with Crippen molar-refractivity contribution < 1.29 is 4.52 Å². The molecule has 0 spiro atoms. The van der Waals surface area contributed by atoms with Crippen LogP contribution < -0.4 is 11.3 Å². The van der Waals surface area contributed by atoms with Gasteiger partial charge in [-0.3, -0.25) is 9.36 Å². The van der Waals surface area contributed by atoms with Crippen LogP contribution in [0.2, 0.25) is 0 Å². The molecule has 13 heavy (non-hydrogen) atoms. The smallest absolute Gasteiger partial charge is 0.278 e. The van der Waals surface area contributed by atoms with Crippen molar-refractivity contribution in [2.45, 2.75) is 0 Å². The van der Waals surface area contributed by atoms with Crippen LogP contribution >= 0.6 is 0 Å². The fraction of sp³-hybridized carbons (Fsp3) is 0. The lowest BCUT2D eigenvalue weighted by atomic mass is 10.4. The van der Waals surface area contributed by atoms with Crippen molar-refractivity contribution >= 4 is 5.69 Å². The third-order valence-electron chi connectivity index (χ3n) is 1.67. The maximum absolute atomic E-state index is 11.4. The summed E-state index contributed by atoms with van der Waals surface area (Å²) in [5.41, 5.74) is 5.93. The van der Waals surface area contributed by atoms with Gasteiger partial charge in [0.05, 0.1) is 11.9 Å². The van der Waals surface area contributed by atoms with E-state index in [1.807, 2.05) is 0 Å². The Balaban J connectivity index is 2.66. The fourth-order valence-corrected chi connectivity index (χ4v) is 1.03. The standard InChI is InChI=1S/C8H7N3O2/c9-7-2-1-3-11(8(7)12)6-4-10-13-5-6/h1-5H,9H2. The molecule has 0 fully saturated rings. The second kappa shape index (κ2) is 2.78. The molecule has 2 heterocycles. The molecule has 0 saturated carbocycles. The van der Waals surface area contributed by atoms with E-state index in [-0.39, 0.29) is 11.2 Å². The summed E-state index contributed by atoms with van der Waals surface area (Å²) in [6.45, 7) is 0. The molecule has 2 aromatic heterocycles. The second-order valence-electron chi connectivity index (χ2n) is 2.52. The maximum Gasteiger partial charge on any atom is 0.278 e. The molecule has 5 heteroatoms. The number of nitrogens with two attached hydrogens (primary N) is 1. The van der Waals surface area contributed by atoms with Gasteiger partial charge >= 0.3 is 0 Å². The van der Waals surface area contributed by atoms with E-state index in [1.54, 1.807) is 18.3 Å². The third-order valence-corrected chi connectivity index (χ3v) is 1.67. The molecule has 0 aliphatic heterocycles. The van der Waals surface area contributed by atoms with Gasteiger partial charge in [0.1, 0.15) is 12.0 Å². The summed E-state index contributed by atoms with van der Waals surface area (Å²) in [5, 5.41) is 3.49. The normalized spacial score (nSPS) is 10.2. The first kappa shape index (κ1) is 7.60. The van der Waals surface area contributed by atoms with Crippen LogP contribution in [-0.2, 0) is 0 Å². The first-order valence-electron chi connectivity index (χ1n) is 3.66. The first-order valence-corrected chi connectivity index (χ1v) is 3.66. The zero-order valence-corrected chi connectivity index (χ0v) is 6.68. The molecular weight excluding hydrogens is 170 g/mol. The first-order chi connectivity index (χ1) is 6.29. The highest BCUT2D eigenvalue weighted by Crippen LogP contribution is 2.03. The zero-order chi connectivity index (χ0) is 9.26. The molecule has 0 amide bonds. The average Bonchev–Trinajstić information content (AvgIpc) is 2.62. The largest absolute Gasteiger partial charge is 0.394 e. The molecule has 0 atom stereocenters. The molecule has 0 aliphatic rings. The van der Waals surface area contributed by atoms with Gasteiger partial charge in [0.25, 0.3) is 5.56 Å². The number of hydrogen-bond donors (Lipinski definition) is 1. The molecule has 2 rings (SSSR count). The molecule has 0 saturated heterocycles. The number of pyridine rings is 1. The van der Waals surface area contributed by atoms with Crippen molar-refractivity contribution in [3.63, 3.8) is 0 Å². The predicted octanol–water partition coefficient (Wildman–Crippen LogP) is 0.408. The summed E-state index contributed by atoms with van der Waals surface area (Å²) in [4.78, 5) is 11.4. The minimum atomic E-state index is -0.272. The van der Waals surface area contributed by atoms with Crippen molar-refractivity contribution in [2.75, 3.05) is 5.73 Å². The molecule has 2 N–H and O–H groups in total. The summed E-state index contributed by atoms with van der Waals surface area (Å²) < 4.78 is 5.98. The van der Waals surface area contributed by atoms with E-state index in [0.717, 1.165) is 0 Å². The Bertz CT molecular complexity index is 458. The highest BCUT2D eigenvalue weighted by molar-refractivity contribution is 5.37. The Labute approximate surface area is 73.4 Å². The summed E-state index contributed by atoms with van der Waals surface area (Å²) in [6.07, 6.45) is 4.42. The molecule has 5 nitrogen and oxygen atoms in total. The number of aromatic nitrogens is 2. The van der Waals surface area contributed by atoms with Gasteiger partial charge in [0.15, 0.2) is 0 Å². The zero-order valence-electron chi connectivity index (χ0n) is 6.68. The van der Waals surface area contributed by atoms with Crippen molar-refractivity contribution in [1.29, 1.82) is 0 Å². The molecular formula is C8H7N3O2. The maximum atomic E-state index is 11.4. The van der Waals surface area contributed by atoms with Crippen LogP contribution in [0.4, 0.5) is 5.69 Å². The number of nitrogen functional groups attached to an aromatic ring is 1. The topological polar surface area (TPSA) is 74.1 Å². The van der Waals surface area contributed by atoms with E-state index in [4.69, 9.17) is 5.73 Å². The van der Waals surface area contributed by atoms with E-state index in [2.05, 4.69) is 9.68 Å². The Kier molecular flexibility index (Phi) is 1.63. The van der Waals surface area contributed by atoms with Crippen LogP contribution in [0.1, 0.15) is 0 Å². The summed E-state index contributed by atoms with van der Waals surface area (Å²) >= 11 is 0. The molecule has 0 aliphatic carbocycles. The van der Waals surface area contributed by atoms with Gasteiger partial charge in [0, 0.05) is 6.20 Å². The van der Waals surface area contributed by atoms with Crippen LogP contribution in [0.25, 0.3) is 5.69 Å². The van der Waals surface area contributed by atoms with Gasteiger partial charge < -0.3 is 10.3 Å². The highest BCUT2D eigenvalue weighted by Gasteiger charge is 2.02. The van der Waals surface area contributed by atoms with Gasteiger partial charge in [-0.2, -0.15) is 0 Å². The minimum Gasteiger partial charge on any atom is -0.394 e. The molecule has 0 unspecified atom stereocenters.